The number of furan rings is 2. The van der Waals surface area contributed by atoms with Crippen molar-refractivity contribution in [3.63, 3.8) is 0 Å². The summed E-state index contributed by atoms with van der Waals surface area (Å²) in [7, 11) is 1.59. The van der Waals surface area contributed by atoms with Crippen molar-refractivity contribution in [1.82, 2.24) is 30.3 Å². The second kappa shape index (κ2) is 30.3. The minimum Gasteiger partial charge on any atom is -0.496 e. The molecule has 11 rings (SSSR count). The van der Waals surface area contributed by atoms with Crippen LogP contribution in [-0.2, 0) is 32.3 Å². The maximum Gasteiger partial charge on any atom is 0.271 e. The predicted molar refractivity (Wildman–Crippen MR) is 343 cm³/mol. The van der Waals surface area contributed by atoms with Gasteiger partial charge < -0.3 is 38.9 Å². The van der Waals surface area contributed by atoms with Gasteiger partial charge in [0.05, 0.1) is 34.9 Å². The number of hydrogen-bond donors (Lipinski definition) is 2. The first-order valence-corrected chi connectivity index (χ1v) is 29.3. The smallest absolute Gasteiger partial charge is 0.271 e. The van der Waals surface area contributed by atoms with Gasteiger partial charge in [-0.15, -0.1) is 11.3 Å². The zero-order valence-corrected chi connectivity index (χ0v) is 50.3. The first-order chi connectivity index (χ1) is 41.3. The molecule has 0 aliphatic carbocycles. The summed E-state index contributed by atoms with van der Waals surface area (Å²) in [4.78, 5) is 78.0. The summed E-state index contributed by atoms with van der Waals surface area (Å²) in [6.45, 7) is 19.9. The lowest BCUT2D eigenvalue weighted by Crippen LogP contribution is -2.37. The van der Waals surface area contributed by atoms with Crippen molar-refractivity contribution < 1.29 is 37.5 Å². The number of methoxy groups -OCH3 is 1. The van der Waals surface area contributed by atoms with E-state index in [0.29, 0.717) is 48.5 Å². The van der Waals surface area contributed by atoms with Crippen LogP contribution in [0, 0.1) is 0 Å². The van der Waals surface area contributed by atoms with E-state index in [4.69, 9.17) is 18.6 Å². The molecule has 2 N–H and O–H groups in total. The van der Waals surface area contributed by atoms with Crippen LogP contribution in [0.5, 0.6) is 5.75 Å². The number of rotatable bonds is 13. The van der Waals surface area contributed by atoms with Crippen molar-refractivity contribution in [1.29, 1.82) is 0 Å². The van der Waals surface area contributed by atoms with Gasteiger partial charge in [-0.1, -0.05) is 98.6 Å². The van der Waals surface area contributed by atoms with E-state index in [9.17, 15) is 24.0 Å². The second-order valence-electron chi connectivity index (χ2n) is 19.6. The number of benzene rings is 4. The van der Waals surface area contributed by atoms with Crippen molar-refractivity contribution in [2.75, 3.05) is 33.3 Å². The molecule has 7 aromatic rings. The minimum absolute atomic E-state index is 0.0171. The Morgan fingerprint density at radius 1 is 0.788 bits per heavy atom. The number of hydrogen-bond acceptors (Lipinski definition) is 11. The number of likely N-dealkylation sites (tertiary alicyclic amines) is 1. The highest BCUT2D eigenvalue weighted by atomic mass is 127. The summed E-state index contributed by atoms with van der Waals surface area (Å²) in [5.41, 5.74) is 7.91. The molecule has 4 aliphatic rings. The number of nitrogens with zero attached hydrogens (tertiary/aromatic N) is 6. The molecule has 0 radical (unpaired) electrons. The fourth-order valence-electron chi connectivity index (χ4n) is 9.58. The van der Waals surface area contributed by atoms with Gasteiger partial charge in [0.1, 0.15) is 29.1 Å². The quantitative estimate of drug-likeness (QED) is 0.0829. The Kier molecular flexibility index (Phi) is 22.0. The van der Waals surface area contributed by atoms with Crippen molar-refractivity contribution in [3.8, 4) is 5.75 Å². The molecule has 3 aromatic heterocycles. The highest BCUT2D eigenvalue weighted by molar-refractivity contribution is 14.1. The van der Waals surface area contributed by atoms with E-state index in [1.807, 2.05) is 120 Å². The van der Waals surface area contributed by atoms with Gasteiger partial charge in [0.25, 0.3) is 11.8 Å². The summed E-state index contributed by atoms with van der Waals surface area (Å²) in [5, 5.41) is 6.75. The number of amidine groups is 2. The molecule has 85 heavy (non-hydrogen) atoms. The average Bonchev–Trinajstić information content (AvgIpc) is 4.37. The van der Waals surface area contributed by atoms with Gasteiger partial charge in [-0.3, -0.25) is 24.0 Å². The zero-order valence-electron chi connectivity index (χ0n) is 47.3. The third kappa shape index (κ3) is 16.5. The molecule has 1 saturated heterocycles. The molecule has 1 atom stereocenters. The highest BCUT2D eigenvalue weighted by Gasteiger charge is 2.28. The van der Waals surface area contributed by atoms with Gasteiger partial charge in [0.15, 0.2) is 5.84 Å². The largest absolute Gasteiger partial charge is 0.496 e. The van der Waals surface area contributed by atoms with Crippen molar-refractivity contribution in [2.24, 2.45) is 9.98 Å². The average molecular weight is 1270 g/mol. The lowest BCUT2D eigenvalue weighted by molar-refractivity contribution is -0.125. The van der Waals surface area contributed by atoms with Gasteiger partial charge >= 0.3 is 0 Å². The van der Waals surface area contributed by atoms with Crippen LogP contribution in [0.3, 0.4) is 0 Å². The fourth-order valence-corrected chi connectivity index (χ4v) is 11.2. The fraction of sp³-hybridized carbons (Fsp3) is 0.194. The first kappa shape index (κ1) is 61.8. The SMILES string of the molecule is C=CC(=O)N1CCC(C)=C(c2ccco2)C1.C=CC(=O)N=C1N=C2C=CC(I)=CN2Cc2ccccc21.C=CC(=O)NC(c1ccco1)c1ccccc1OC.C=CC(=O)NCc1ccc(C(=O)N2CCC(c3nc4ccccc4s3)CC2)cc1. The summed E-state index contributed by atoms with van der Waals surface area (Å²) in [6, 6.07) is 38.0. The van der Waals surface area contributed by atoms with Crippen LogP contribution in [0.1, 0.15) is 87.3 Å². The molecule has 4 aliphatic heterocycles. The Balaban J connectivity index is 0.000000151. The van der Waals surface area contributed by atoms with Gasteiger partial charge in [-0.25, -0.2) is 9.98 Å². The summed E-state index contributed by atoms with van der Waals surface area (Å²) < 4.78 is 18.5. The topological polar surface area (TPSA) is 192 Å². The van der Waals surface area contributed by atoms with E-state index in [1.54, 1.807) is 48.0 Å². The predicted octanol–water partition coefficient (Wildman–Crippen LogP) is 12.5. The third-order valence-electron chi connectivity index (χ3n) is 14.1. The monoisotopic (exact) mass is 1270 g/mol. The van der Waals surface area contributed by atoms with E-state index in [1.165, 1.54) is 39.6 Å². The van der Waals surface area contributed by atoms with Crippen LogP contribution >= 0.6 is 33.9 Å². The van der Waals surface area contributed by atoms with Gasteiger partial charge in [-0.05, 0) is 151 Å². The Morgan fingerprint density at radius 2 is 1.51 bits per heavy atom. The molecule has 0 saturated carbocycles. The van der Waals surface area contributed by atoms with Crippen molar-refractivity contribution >= 4 is 90.9 Å². The highest BCUT2D eigenvalue weighted by Crippen LogP contribution is 2.35. The van der Waals surface area contributed by atoms with Gasteiger partial charge in [-0.2, -0.15) is 4.99 Å². The lowest BCUT2D eigenvalue weighted by Gasteiger charge is -2.31. The number of carbonyl (C=O) groups excluding carboxylic acids is 5. The molecule has 7 heterocycles. The Bertz CT molecular complexity index is 3690. The number of aromatic nitrogens is 1. The summed E-state index contributed by atoms with van der Waals surface area (Å²) in [6.07, 6.45) is 17.0. The van der Waals surface area contributed by atoms with Crippen LogP contribution in [0.4, 0.5) is 0 Å². The maximum absolute atomic E-state index is 12.8. The molecule has 1 fully saturated rings. The standard InChI is InChI=1S/C23H23N3O2S.C16H12IN3O.C15H15NO3.C13H15NO2/c1-2-21(27)24-15-16-7-9-18(10-8-16)23(28)26-13-11-17(12-14-26)22-25-19-5-3-4-6-20(19)29-22;1-2-15(21)19-16-13-6-4-3-5-11(13)9-20-10-12(17)7-8-14(20)18-16;1-3-14(17)16-15(13-9-6-10-19-13)11-7-4-5-8-12(11)18-2;1-3-13(15)14-7-6-10(2)11(9-14)12-5-4-8-16-12/h2-10,17H,1,11-15H2,(H,24,27);2-8,10H,1,9H2;3-10,15H,1H2,2H3,(H,16,17);3-5,8H,1,6-7,9H2,2H3. The molecule has 18 heteroatoms. The van der Waals surface area contributed by atoms with E-state index < -0.39 is 6.04 Å². The lowest BCUT2D eigenvalue weighted by atomic mass is 9.97. The van der Waals surface area contributed by atoms with E-state index >= 15 is 0 Å². The van der Waals surface area contributed by atoms with Crippen LogP contribution in [-0.4, -0.2) is 94.2 Å². The molecule has 5 amide bonds. The Hall–Kier alpha value is -9.27. The number of para-hydroxylation sites is 2. The molecule has 16 nitrogen and oxygen atoms in total. The molecule has 4 aromatic carbocycles. The van der Waals surface area contributed by atoms with E-state index in [0.717, 1.165) is 87.4 Å². The number of fused-ring (bicyclic) bond motifs is 3. The third-order valence-corrected chi connectivity index (χ3v) is 16.0. The van der Waals surface area contributed by atoms with Crippen LogP contribution in [0.2, 0.25) is 0 Å². The number of halogens is 1. The Labute approximate surface area is 512 Å². The number of aliphatic imine (C=N–C) groups is 2. The van der Waals surface area contributed by atoms with E-state index in [-0.39, 0.29) is 29.5 Å². The maximum atomic E-state index is 12.8. The molecule has 434 valence electrons. The number of piperidine rings is 1. The number of ether oxygens (including phenoxy) is 1. The number of allylic oxidation sites excluding steroid dienone is 2. The summed E-state index contributed by atoms with van der Waals surface area (Å²) in [5.74, 6) is 3.01. The molecule has 0 bridgehead atoms. The first-order valence-electron chi connectivity index (χ1n) is 27.4. The molecular formula is C67H65IN8O8S. The number of nitrogens with one attached hydrogen (secondary N) is 2. The number of amides is 5. The summed E-state index contributed by atoms with van der Waals surface area (Å²) >= 11 is 4.04. The molecule has 0 spiro atoms. The van der Waals surface area contributed by atoms with Gasteiger partial charge in [0.2, 0.25) is 17.7 Å². The van der Waals surface area contributed by atoms with Crippen LogP contribution < -0.4 is 15.4 Å². The molecular weight excluding hydrogens is 1200 g/mol. The van der Waals surface area contributed by atoms with Crippen LogP contribution in [0.25, 0.3) is 15.8 Å². The van der Waals surface area contributed by atoms with E-state index in [2.05, 4.69) is 93.5 Å². The van der Waals surface area contributed by atoms with Gasteiger partial charge in [0, 0.05) is 77.2 Å². The Morgan fingerprint density at radius 3 is 2.20 bits per heavy atom. The van der Waals surface area contributed by atoms with Crippen molar-refractivity contribution in [2.45, 2.75) is 51.2 Å². The number of thiazole rings is 1. The molecule has 1 unspecified atom stereocenters. The zero-order chi connectivity index (χ0) is 60.2. The normalized spacial score (nSPS) is 15.2. The second-order valence-corrected chi connectivity index (χ2v) is 21.9. The minimum atomic E-state index is -0.406. The van der Waals surface area contributed by atoms with Crippen LogP contribution in [0.15, 0.2) is 231 Å². The van der Waals surface area contributed by atoms with Crippen molar-refractivity contribution in [3.05, 3.63) is 256 Å². The number of carbonyl (C=O) groups is 5.